The molecular formula is C12H11BrN2OS. The number of aromatic nitrogens is 1. The highest BCUT2D eigenvalue weighted by molar-refractivity contribution is 9.10. The summed E-state index contributed by atoms with van der Waals surface area (Å²) in [7, 11) is 0. The number of carbonyl (C=O) groups excluding carboxylic acids is 1. The highest BCUT2D eigenvalue weighted by Gasteiger charge is 2.12. The first-order valence-corrected chi connectivity index (χ1v) is 6.73. The lowest BCUT2D eigenvalue weighted by Gasteiger charge is -2.03. The topological polar surface area (TPSA) is 56.0 Å². The summed E-state index contributed by atoms with van der Waals surface area (Å²) in [4.78, 5) is 16.3. The Bertz CT molecular complexity index is 565. The van der Waals surface area contributed by atoms with Crippen molar-refractivity contribution in [3.8, 4) is 0 Å². The van der Waals surface area contributed by atoms with Crippen LogP contribution in [0.1, 0.15) is 21.1 Å². The van der Waals surface area contributed by atoms with Gasteiger partial charge in [-0.2, -0.15) is 0 Å². The van der Waals surface area contributed by atoms with E-state index in [1.165, 1.54) is 11.3 Å². The maximum atomic E-state index is 12.0. The van der Waals surface area contributed by atoms with Gasteiger partial charge in [-0.25, -0.2) is 4.98 Å². The van der Waals surface area contributed by atoms with Crippen molar-refractivity contribution in [1.29, 1.82) is 0 Å². The number of nitrogen functional groups attached to an aromatic ring is 1. The SMILES string of the molecule is Cc1csc(CC(=O)c2ccc(Br)cc2N)n1. The second kappa shape index (κ2) is 4.98. The molecule has 2 aromatic rings. The molecule has 0 bridgehead atoms. The van der Waals surface area contributed by atoms with Gasteiger partial charge in [0, 0.05) is 26.8 Å². The Kier molecular flexibility index (Phi) is 3.59. The van der Waals surface area contributed by atoms with Crippen LogP contribution in [0.3, 0.4) is 0 Å². The molecule has 17 heavy (non-hydrogen) atoms. The average molecular weight is 311 g/mol. The lowest BCUT2D eigenvalue weighted by molar-refractivity contribution is 0.0994. The molecule has 88 valence electrons. The van der Waals surface area contributed by atoms with Gasteiger partial charge in [-0.05, 0) is 25.1 Å². The molecule has 2 N–H and O–H groups in total. The number of thiazole rings is 1. The van der Waals surface area contributed by atoms with Gasteiger partial charge in [-0.3, -0.25) is 4.79 Å². The maximum Gasteiger partial charge on any atom is 0.171 e. The van der Waals surface area contributed by atoms with E-state index >= 15 is 0 Å². The molecule has 1 aromatic heterocycles. The van der Waals surface area contributed by atoms with Crippen molar-refractivity contribution in [2.45, 2.75) is 13.3 Å². The number of hydrogen-bond acceptors (Lipinski definition) is 4. The van der Waals surface area contributed by atoms with Crippen molar-refractivity contribution >= 4 is 38.7 Å². The van der Waals surface area contributed by atoms with Gasteiger partial charge < -0.3 is 5.73 Å². The molecule has 0 amide bonds. The number of Topliss-reactive ketones (excluding diaryl/α,β-unsaturated/α-hetero) is 1. The second-order valence-electron chi connectivity index (χ2n) is 3.71. The minimum atomic E-state index is 0.00403. The normalized spacial score (nSPS) is 10.5. The van der Waals surface area contributed by atoms with E-state index in [2.05, 4.69) is 20.9 Å². The van der Waals surface area contributed by atoms with E-state index < -0.39 is 0 Å². The van der Waals surface area contributed by atoms with Crippen molar-refractivity contribution < 1.29 is 4.79 Å². The Hall–Kier alpha value is -1.20. The summed E-state index contributed by atoms with van der Waals surface area (Å²) in [6, 6.07) is 5.29. The summed E-state index contributed by atoms with van der Waals surface area (Å²) in [5, 5.41) is 2.77. The van der Waals surface area contributed by atoms with Gasteiger partial charge in [0.05, 0.1) is 6.42 Å². The predicted octanol–water partition coefficient (Wildman–Crippen LogP) is 3.22. The van der Waals surface area contributed by atoms with Gasteiger partial charge in [0.1, 0.15) is 5.01 Å². The standard InChI is InChI=1S/C12H11BrN2OS/c1-7-6-17-12(15-7)5-11(16)9-3-2-8(13)4-10(9)14/h2-4,6H,5,14H2,1H3. The summed E-state index contributed by atoms with van der Waals surface area (Å²) in [5.41, 5.74) is 7.81. The van der Waals surface area contributed by atoms with Crippen molar-refractivity contribution in [3.05, 3.63) is 44.3 Å². The van der Waals surface area contributed by atoms with Crippen molar-refractivity contribution in [3.63, 3.8) is 0 Å². The summed E-state index contributed by atoms with van der Waals surface area (Å²) in [6.07, 6.45) is 0.310. The van der Waals surface area contributed by atoms with Crippen molar-refractivity contribution in [2.75, 3.05) is 5.73 Å². The monoisotopic (exact) mass is 310 g/mol. The fourth-order valence-electron chi connectivity index (χ4n) is 1.50. The quantitative estimate of drug-likeness (QED) is 0.699. The van der Waals surface area contributed by atoms with E-state index in [1.54, 1.807) is 12.1 Å². The fraction of sp³-hybridized carbons (Fsp3) is 0.167. The third kappa shape index (κ3) is 2.92. The number of carbonyl (C=O) groups is 1. The van der Waals surface area contributed by atoms with Gasteiger partial charge in [0.15, 0.2) is 5.78 Å². The predicted molar refractivity (Wildman–Crippen MR) is 73.4 cm³/mol. The Morgan fingerprint density at radius 1 is 1.53 bits per heavy atom. The molecule has 0 unspecified atom stereocenters. The highest BCUT2D eigenvalue weighted by atomic mass is 79.9. The minimum absolute atomic E-state index is 0.00403. The van der Waals surface area contributed by atoms with E-state index in [0.29, 0.717) is 17.7 Å². The molecule has 0 saturated carbocycles. The molecule has 0 aliphatic carbocycles. The van der Waals surface area contributed by atoms with Gasteiger partial charge in [-0.1, -0.05) is 15.9 Å². The van der Waals surface area contributed by atoms with Crippen LogP contribution < -0.4 is 5.73 Å². The van der Waals surface area contributed by atoms with Gasteiger partial charge in [-0.15, -0.1) is 11.3 Å². The summed E-state index contributed by atoms with van der Waals surface area (Å²) in [6.45, 7) is 1.92. The number of ketones is 1. The van der Waals surface area contributed by atoms with E-state index in [0.717, 1.165) is 15.2 Å². The van der Waals surface area contributed by atoms with Crippen LogP contribution in [-0.2, 0) is 6.42 Å². The molecule has 1 heterocycles. The number of benzene rings is 1. The largest absolute Gasteiger partial charge is 0.398 e. The molecule has 0 aliphatic rings. The molecule has 2 rings (SSSR count). The number of hydrogen-bond donors (Lipinski definition) is 1. The zero-order valence-electron chi connectivity index (χ0n) is 9.24. The number of halogens is 1. The number of rotatable bonds is 3. The summed E-state index contributed by atoms with van der Waals surface area (Å²) in [5.74, 6) is 0.00403. The van der Waals surface area contributed by atoms with Crippen LogP contribution in [-0.4, -0.2) is 10.8 Å². The third-order valence-corrected chi connectivity index (χ3v) is 3.75. The lowest BCUT2D eigenvalue weighted by atomic mass is 10.1. The molecule has 0 aliphatic heterocycles. The molecular weight excluding hydrogens is 300 g/mol. The second-order valence-corrected chi connectivity index (χ2v) is 5.57. The highest BCUT2D eigenvalue weighted by Crippen LogP contribution is 2.21. The molecule has 5 heteroatoms. The van der Waals surface area contributed by atoms with Gasteiger partial charge >= 0.3 is 0 Å². The van der Waals surface area contributed by atoms with Crippen molar-refractivity contribution in [1.82, 2.24) is 4.98 Å². The minimum Gasteiger partial charge on any atom is -0.398 e. The molecule has 3 nitrogen and oxygen atoms in total. The molecule has 0 fully saturated rings. The van der Waals surface area contributed by atoms with Crippen LogP contribution in [0.2, 0.25) is 0 Å². The van der Waals surface area contributed by atoms with Crippen LogP contribution in [0.5, 0.6) is 0 Å². The van der Waals surface area contributed by atoms with Gasteiger partial charge in [0.2, 0.25) is 0 Å². The summed E-state index contributed by atoms with van der Waals surface area (Å²) < 4.78 is 0.872. The van der Waals surface area contributed by atoms with Crippen LogP contribution >= 0.6 is 27.3 Å². The molecule has 0 saturated heterocycles. The van der Waals surface area contributed by atoms with Crippen LogP contribution in [0, 0.1) is 6.92 Å². The Morgan fingerprint density at radius 3 is 2.88 bits per heavy atom. The Balaban J connectivity index is 2.20. The van der Waals surface area contributed by atoms with E-state index in [9.17, 15) is 4.79 Å². The Morgan fingerprint density at radius 2 is 2.29 bits per heavy atom. The average Bonchev–Trinajstić information content (AvgIpc) is 2.63. The number of anilines is 1. The van der Waals surface area contributed by atoms with Gasteiger partial charge in [0.25, 0.3) is 0 Å². The van der Waals surface area contributed by atoms with E-state index in [4.69, 9.17) is 5.73 Å². The van der Waals surface area contributed by atoms with Crippen molar-refractivity contribution in [2.24, 2.45) is 0 Å². The maximum absolute atomic E-state index is 12.0. The van der Waals surface area contributed by atoms with Crippen LogP contribution in [0.15, 0.2) is 28.1 Å². The molecule has 0 spiro atoms. The van der Waals surface area contributed by atoms with Crippen LogP contribution in [0.25, 0.3) is 0 Å². The fourth-order valence-corrected chi connectivity index (χ4v) is 2.65. The summed E-state index contributed by atoms with van der Waals surface area (Å²) >= 11 is 4.81. The zero-order chi connectivity index (χ0) is 12.4. The smallest absolute Gasteiger partial charge is 0.171 e. The van der Waals surface area contributed by atoms with E-state index in [-0.39, 0.29) is 5.78 Å². The first-order valence-electron chi connectivity index (χ1n) is 5.05. The Labute approximate surface area is 112 Å². The first-order chi connectivity index (χ1) is 8.06. The molecule has 1 aromatic carbocycles. The molecule has 0 radical (unpaired) electrons. The number of aryl methyl sites for hydroxylation is 1. The number of nitrogens with two attached hydrogens (primary N) is 1. The molecule has 0 atom stereocenters. The number of nitrogens with zero attached hydrogens (tertiary/aromatic N) is 1. The van der Waals surface area contributed by atoms with Crippen LogP contribution in [0.4, 0.5) is 5.69 Å². The first kappa shape index (κ1) is 12.3. The van der Waals surface area contributed by atoms with E-state index in [1.807, 2.05) is 18.4 Å². The zero-order valence-corrected chi connectivity index (χ0v) is 11.6. The third-order valence-electron chi connectivity index (χ3n) is 2.29. The lowest BCUT2D eigenvalue weighted by Crippen LogP contribution is -2.06.